The highest BCUT2D eigenvalue weighted by atomic mass is 32.2. The van der Waals surface area contributed by atoms with Gasteiger partial charge in [0.15, 0.2) is 9.84 Å². The van der Waals surface area contributed by atoms with Crippen molar-refractivity contribution in [3.63, 3.8) is 0 Å². The molecule has 0 amide bonds. The van der Waals surface area contributed by atoms with Gasteiger partial charge in [0.2, 0.25) is 0 Å². The summed E-state index contributed by atoms with van der Waals surface area (Å²) in [6, 6.07) is 8.36. The van der Waals surface area contributed by atoms with E-state index in [1.807, 2.05) is 6.92 Å². The van der Waals surface area contributed by atoms with Crippen LogP contribution in [0.15, 0.2) is 35.2 Å². The van der Waals surface area contributed by atoms with Gasteiger partial charge >= 0.3 is 0 Å². The highest BCUT2D eigenvalue weighted by molar-refractivity contribution is 7.92. The number of sulfone groups is 1. The SMILES string of the molecule is C/[SiH]=C\C1C[C@@H](C)[C@H](OS(C)(=O)=O)CC1S(=O)(=O)c1ccccc1. The zero-order valence-corrected chi connectivity index (χ0v) is 16.9. The van der Waals surface area contributed by atoms with Crippen molar-refractivity contribution in [3.8, 4) is 0 Å². The van der Waals surface area contributed by atoms with Crippen molar-refractivity contribution in [1.82, 2.24) is 0 Å². The van der Waals surface area contributed by atoms with E-state index in [9.17, 15) is 16.8 Å². The second-order valence-corrected chi connectivity index (χ2v) is 11.2. The summed E-state index contributed by atoms with van der Waals surface area (Å²) < 4.78 is 54.3. The van der Waals surface area contributed by atoms with Crippen LogP contribution >= 0.6 is 0 Å². The van der Waals surface area contributed by atoms with Crippen molar-refractivity contribution in [2.45, 2.75) is 42.6 Å². The third-order valence-corrected chi connectivity index (χ3v) is 8.17. The van der Waals surface area contributed by atoms with Gasteiger partial charge in [-0.25, -0.2) is 8.42 Å². The Labute approximate surface area is 146 Å². The van der Waals surface area contributed by atoms with Crippen molar-refractivity contribution >= 4 is 34.8 Å². The van der Waals surface area contributed by atoms with Crippen LogP contribution in [0.5, 0.6) is 0 Å². The zero-order valence-electron chi connectivity index (χ0n) is 14.1. The molecule has 2 unspecified atom stereocenters. The van der Waals surface area contributed by atoms with E-state index in [0.717, 1.165) is 6.26 Å². The van der Waals surface area contributed by atoms with E-state index in [2.05, 4.69) is 12.2 Å². The van der Waals surface area contributed by atoms with E-state index in [1.165, 1.54) is 0 Å². The lowest BCUT2D eigenvalue weighted by molar-refractivity contribution is 0.102. The molecule has 0 aromatic heterocycles. The third-order valence-electron chi connectivity index (χ3n) is 4.43. The van der Waals surface area contributed by atoms with E-state index in [0.29, 0.717) is 6.42 Å². The van der Waals surface area contributed by atoms with Gasteiger partial charge in [0.1, 0.15) is 0 Å². The molecule has 134 valence electrons. The van der Waals surface area contributed by atoms with Gasteiger partial charge in [-0.1, -0.05) is 31.7 Å². The van der Waals surface area contributed by atoms with E-state index in [1.54, 1.807) is 30.3 Å². The molecule has 0 spiro atoms. The Bertz CT molecular complexity index is 787. The molecule has 1 aromatic carbocycles. The van der Waals surface area contributed by atoms with Crippen LogP contribution in [0.2, 0.25) is 6.55 Å². The lowest BCUT2D eigenvalue weighted by atomic mass is 9.81. The predicted molar refractivity (Wildman–Crippen MR) is 98.1 cm³/mol. The van der Waals surface area contributed by atoms with Crippen LogP contribution in [0.3, 0.4) is 0 Å². The van der Waals surface area contributed by atoms with E-state index in [-0.39, 0.29) is 32.3 Å². The topological polar surface area (TPSA) is 77.5 Å². The molecule has 0 radical (unpaired) electrons. The van der Waals surface area contributed by atoms with Gasteiger partial charge in [-0.15, -0.1) is 5.67 Å². The smallest absolute Gasteiger partial charge is 0.264 e. The Balaban J connectivity index is 2.39. The molecule has 0 bridgehead atoms. The highest BCUT2D eigenvalue weighted by Gasteiger charge is 2.42. The fourth-order valence-corrected chi connectivity index (χ4v) is 7.11. The second kappa shape index (κ2) is 7.59. The Morgan fingerprint density at radius 2 is 1.75 bits per heavy atom. The Hall–Kier alpha value is -0.833. The first-order valence-corrected chi connectivity index (χ1v) is 13.1. The molecule has 1 aliphatic rings. The van der Waals surface area contributed by atoms with Crippen molar-refractivity contribution in [3.05, 3.63) is 30.3 Å². The summed E-state index contributed by atoms with van der Waals surface area (Å²) in [5, 5.41) is -0.643. The van der Waals surface area contributed by atoms with E-state index in [4.69, 9.17) is 4.18 Å². The summed E-state index contributed by atoms with van der Waals surface area (Å²) in [6.07, 6.45) is 1.23. The molecule has 1 saturated carbocycles. The van der Waals surface area contributed by atoms with Crippen LogP contribution in [0.1, 0.15) is 19.8 Å². The molecule has 1 fully saturated rings. The summed E-state index contributed by atoms with van der Waals surface area (Å²) in [4.78, 5) is 0.284. The van der Waals surface area contributed by atoms with Gasteiger partial charge in [-0.3, -0.25) is 4.18 Å². The quantitative estimate of drug-likeness (QED) is 0.564. The lowest BCUT2D eigenvalue weighted by Crippen LogP contribution is -2.44. The number of benzene rings is 1. The van der Waals surface area contributed by atoms with E-state index < -0.39 is 31.3 Å². The number of hydrogen-bond acceptors (Lipinski definition) is 5. The maximum absolute atomic E-state index is 13.1. The van der Waals surface area contributed by atoms with Gasteiger partial charge in [0, 0.05) is 0 Å². The Kier molecular flexibility index (Phi) is 6.17. The third kappa shape index (κ3) is 4.62. The molecule has 0 heterocycles. The standard InChI is InChI=1S/C16H24O5S2Si/c1-12-9-13(11-24-3)16(10-15(12)21-22(2,17)18)23(19,20)14-7-5-4-6-8-14/h4-8,11-13,15-16,24H,9-10H2,1-3H3/b24-11-/t12-,13?,15-,16?/m1/s1. The van der Waals surface area contributed by atoms with Crippen molar-refractivity contribution in [1.29, 1.82) is 0 Å². The molecule has 2 rings (SSSR count). The maximum atomic E-state index is 13.1. The van der Waals surface area contributed by atoms with Crippen molar-refractivity contribution in [2.75, 3.05) is 6.26 Å². The predicted octanol–water partition coefficient (Wildman–Crippen LogP) is 1.51. The van der Waals surface area contributed by atoms with Crippen LogP contribution in [-0.2, 0) is 24.1 Å². The van der Waals surface area contributed by atoms with Crippen molar-refractivity contribution < 1.29 is 21.0 Å². The summed E-state index contributed by atoms with van der Waals surface area (Å²) in [5.74, 6) is -0.0706. The van der Waals surface area contributed by atoms with Crippen LogP contribution < -0.4 is 0 Å². The van der Waals surface area contributed by atoms with Crippen LogP contribution in [-0.4, -0.2) is 49.2 Å². The van der Waals surface area contributed by atoms with Crippen LogP contribution in [0, 0.1) is 11.8 Å². The average molecular weight is 389 g/mol. The summed E-state index contributed by atoms with van der Waals surface area (Å²) in [5.41, 5.74) is 2.11. The molecular formula is C16H24O5S2Si. The number of hydrogen-bond donors (Lipinski definition) is 0. The molecule has 0 N–H and O–H groups in total. The maximum Gasteiger partial charge on any atom is 0.264 e. The zero-order chi connectivity index (χ0) is 18.0. The van der Waals surface area contributed by atoms with E-state index >= 15 is 0 Å². The second-order valence-electron chi connectivity index (χ2n) is 6.37. The van der Waals surface area contributed by atoms with Gasteiger partial charge in [-0.05, 0) is 45.9 Å². The first-order valence-electron chi connectivity index (χ1n) is 7.95. The van der Waals surface area contributed by atoms with Crippen LogP contribution in [0.4, 0.5) is 0 Å². The minimum absolute atomic E-state index is 0.00542. The molecule has 0 aliphatic heterocycles. The lowest BCUT2D eigenvalue weighted by Gasteiger charge is -2.38. The van der Waals surface area contributed by atoms with Crippen molar-refractivity contribution in [2.24, 2.45) is 11.8 Å². The van der Waals surface area contributed by atoms with Crippen LogP contribution in [0.25, 0.3) is 0 Å². The highest BCUT2D eigenvalue weighted by Crippen LogP contribution is 2.37. The molecule has 1 aromatic rings. The fourth-order valence-electron chi connectivity index (χ4n) is 3.32. The molecule has 0 saturated heterocycles. The average Bonchev–Trinajstić information content (AvgIpc) is 2.49. The Morgan fingerprint density at radius 3 is 2.29 bits per heavy atom. The molecule has 8 heteroatoms. The molecular weight excluding hydrogens is 364 g/mol. The van der Waals surface area contributed by atoms with Gasteiger partial charge in [0.05, 0.1) is 22.5 Å². The van der Waals surface area contributed by atoms with Gasteiger partial charge < -0.3 is 0 Å². The largest absolute Gasteiger partial charge is 0.267 e. The molecule has 1 aliphatic carbocycles. The monoisotopic (exact) mass is 388 g/mol. The summed E-state index contributed by atoms with van der Waals surface area (Å²) in [6.45, 7) is 3.99. The van der Waals surface area contributed by atoms with Gasteiger partial charge in [0.25, 0.3) is 10.1 Å². The number of rotatable bonds is 5. The minimum atomic E-state index is -3.62. The normalized spacial score (nSPS) is 29.0. The Morgan fingerprint density at radius 1 is 1.12 bits per heavy atom. The van der Waals surface area contributed by atoms with Gasteiger partial charge in [-0.2, -0.15) is 8.42 Å². The molecule has 4 atom stereocenters. The summed E-state index contributed by atoms with van der Waals surface area (Å²) in [7, 11) is -7.10. The molecule has 24 heavy (non-hydrogen) atoms. The minimum Gasteiger partial charge on any atom is -0.267 e. The summed E-state index contributed by atoms with van der Waals surface area (Å²) >= 11 is 0. The fraction of sp³-hybridized carbons (Fsp3) is 0.562. The first kappa shape index (κ1) is 19.5. The first-order chi connectivity index (χ1) is 11.1. The molecule has 5 nitrogen and oxygen atoms in total.